The van der Waals surface area contributed by atoms with E-state index in [0.29, 0.717) is 36.5 Å². The fourth-order valence-corrected chi connectivity index (χ4v) is 3.99. The second-order valence-electron chi connectivity index (χ2n) is 7.68. The van der Waals surface area contributed by atoms with Crippen LogP contribution in [-0.4, -0.2) is 60.8 Å². The Labute approximate surface area is 193 Å². The monoisotopic (exact) mass is 455 g/mol. The van der Waals surface area contributed by atoms with Crippen molar-refractivity contribution in [3.8, 4) is 17.2 Å². The van der Waals surface area contributed by atoms with Crippen molar-refractivity contribution in [2.45, 2.75) is 26.3 Å². The van der Waals surface area contributed by atoms with E-state index in [0.717, 1.165) is 5.56 Å². The first-order chi connectivity index (χ1) is 15.8. The number of methoxy groups -OCH3 is 2. The predicted molar refractivity (Wildman–Crippen MR) is 123 cm³/mol. The van der Waals surface area contributed by atoms with Crippen molar-refractivity contribution in [1.82, 2.24) is 4.90 Å². The largest absolute Gasteiger partial charge is 0.507 e. The summed E-state index contributed by atoms with van der Waals surface area (Å²) >= 11 is 0. The highest BCUT2D eigenvalue weighted by molar-refractivity contribution is 6.46. The van der Waals surface area contributed by atoms with Crippen molar-refractivity contribution in [2.24, 2.45) is 0 Å². The van der Waals surface area contributed by atoms with Crippen molar-refractivity contribution in [1.29, 1.82) is 0 Å². The van der Waals surface area contributed by atoms with Crippen molar-refractivity contribution in [3.63, 3.8) is 0 Å². The third kappa shape index (κ3) is 4.80. The summed E-state index contributed by atoms with van der Waals surface area (Å²) in [5.74, 6) is -0.920. The molecule has 1 atom stereocenters. The van der Waals surface area contributed by atoms with E-state index in [2.05, 4.69) is 0 Å². The molecule has 0 bridgehead atoms. The molecule has 1 heterocycles. The maximum atomic E-state index is 13.1. The number of carbonyl (C=O) groups is 2. The zero-order chi connectivity index (χ0) is 24.1. The number of amides is 1. The van der Waals surface area contributed by atoms with Gasteiger partial charge in [0.25, 0.3) is 11.7 Å². The van der Waals surface area contributed by atoms with Crippen molar-refractivity contribution >= 4 is 17.4 Å². The Morgan fingerprint density at radius 1 is 1.09 bits per heavy atom. The van der Waals surface area contributed by atoms with Gasteiger partial charge in [-0.15, -0.1) is 0 Å². The molecule has 1 aliphatic heterocycles. The summed E-state index contributed by atoms with van der Waals surface area (Å²) < 4.78 is 15.9. The number of phenolic OH excluding ortho intramolecular Hbond substituents is 1. The number of hydrogen-bond donors (Lipinski definition) is 2. The van der Waals surface area contributed by atoms with Crippen LogP contribution >= 0.6 is 0 Å². The van der Waals surface area contributed by atoms with Gasteiger partial charge in [-0.05, 0) is 61.7 Å². The minimum atomic E-state index is -0.843. The minimum Gasteiger partial charge on any atom is -0.507 e. The van der Waals surface area contributed by atoms with Gasteiger partial charge in [0.15, 0.2) is 11.5 Å². The number of ketones is 1. The number of aromatic hydroxyl groups is 1. The fraction of sp³-hybridized carbons (Fsp3) is 0.360. The highest BCUT2D eigenvalue weighted by Crippen LogP contribution is 2.42. The van der Waals surface area contributed by atoms with Crippen LogP contribution in [0.15, 0.2) is 42.0 Å². The Balaban J connectivity index is 2.16. The van der Waals surface area contributed by atoms with E-state index in [1.165, 1.54) is 11.0 Å². The highest BCUT2D eigenvalue weighted by Gasteiger charge is 2.46. The van der Waals surface area contributed by atoms with Crippen LogP contribution in [0.1, 0.15) is 36.1 Å². The van der Waals surface area contributed by atoms with Gasteiger partial charge < -0.3 is 29.3 Å². The highest BCUT2D eigenvalue weighted by atomic mass is 16.5. The standard InChI is InChI=1S/C25H29NO7/c1-5-33-20-14-16(7-9-18(20)27)22-21(24(29)25(30)26(22)11-6-12-31-3)23(28)17-8-10-19(32-4)15(2)13-17/h7-10,13-14,22,27-28H,5-6,11-12H2,1-4H3/b23-21+/t22-/m0/s1. The van der Waals surface area contributed by atoms with Crippen LogP contribution in [-0.2, 0) is 14.3 Å². The lowest BCUT2D eigenvalue weighted by Gasteiger charge is -2.26. The second-order valence-corrected chi connectivity index (χ2v) is 7.68. The Kier molecular flexibility index (Phi) is 7.60. The van der Waals surface area contributed by atoms with Crippen molar-refractivity contribution < 1.29 is 34.0 Å². The minimum absolute atomic E-state index is 0.0184. The third-order valence-electron chi connectivity index (χ3n) is 5.56. The zero-order valence-electron chi connectivity index (χ0n) is 19.3. The fourth-order valence-electron chi connectivity index (χ4n) is 3.99. The maximum Gasteiger partial charge on any atom is 0.295 e. The number of carbonyl (C=O) groups excluding carboxylic acids is 2. The Hall–Kier alpha value is -3.52. The Morgan fingerprint density at radius 2 is 1.85 bits per heavy atom. The SMILES string of the molecule is CCOc1cc([C@H]2/C(=C(\O)c3ccc(OC)c(C)c3)C(=O)C(=O)N2CCCOC)ccc1O. The first-order valence-corrected chi connectivity index (χ1v) is 10.7. The lowest BCUT2D eigenvalue weighted by molar-refractivity contribution is -0.140. The van der Waals surface area contributed by atoms with Gasteiger partial charge in [0.2, 0.25) is 0 Å². The molecule has 0 spiro atoms. The van der Waals surface area contributed by atoms with Crippen LogP contribution in [0.5, 0.6) is 17.2 Å². The van der Waals surface area contributed by atoms with Crippen LogP contribution in [0.4, 0.5) is 0 Å². The molecule has 8 nitrogen and oxygen atoms in total. The number of rotatable bonds is 9. The number of hydrogen-bond acceptors (Lipinski definition) is 7. The number of ether oxygens (including phenoxy) is 3. The van der Waals surface area contributed by atoms with Crippen molar-refractivity contribution in [3.05, 3.63) is 58.7 Å². The summed E-state index contributed by atoms with van der Waals surface area (Å²) in [6, 6.07) is 8.85. The molecule has 1 saturated heterocycles. The number of Topliss-reactive ketones (excluding diaryl/α,β-unsaturated/α-hetero) is 1. The van der Waals surface area contributed by atoms with Crippen LogP contribution in [0.3, 0.4) is 0 Å². The van der Waals surface area contributed by atoms with Gasteiger partial charge in [-0.2, -0.15) is 0 Å². The number of nitrogens with zero attached hydrogens (tertiary/aromatic N) is 1. The predicted octanol–water partition coefficient (Wildman–Crippen LogP) is 3.57. The molecule has 0 saturated carbocycles. The number of benzene rings is 2. The summed E-state index contributed by atoms with van der Waals surface area (Å²) in [7, 11) is 3.11. The second kappa shape index (κ2) is 10.4. The number of aliphatic hydroxyl groups excluding tert-OH is 1. The molecule has 2 aromatic rings. The zero-order valence-corrected chi connectivity index (χ0v) is 19.3. The molecule has 0 aliphatic carbocycles. The van der Waals surface area contributed by atoms with Gasteiger partial charge >= 0.3 is 0 Å². The molecular formula is C25H29NO7. The van der Waals surface area contributed by atoms with E-state index >= 15 is 0 Å². The third-order valence-corrected chi connectivity index (χ3v) is 5.56. The lowest BCUT2D eigenvalue weighted by Crippen LogP contribution is -2.31. The van der Waals surface area contributed by atoms with Gasteiger partial charge in [-0.3, -0.25) is 9.59 Å². The molecule has 176 valence electrons. The molecule has 33 heavy (non-hydrogen) atoms. The van der Waals surface area contributed by atoms with Gasteiger partial charge in [-0.25, -0.2) is 0 Å². The average molecular weight is 456 g/mol. The average Bonchev–Trinajstić information content (AvgIpc) is 3.05. The normalized spacial score (nSPS) is 17.5. The lowest BCUT2D eigenvalue weighted by atomic mass is 9.94. The number of phenols is 1. The quantitative estimate of drug-likeness (QED) is 0.258. The molecule has 8 heteroatoms. The van der Waals surface area contributed by atoms with Crippen LogP contribution in [0, 0.1) is 6.92 Å². The van der Waals surface area contributed by atoms with Crippen LogP contribution in [0.2, 0.25) is 0 Å². The smallest absolute Gasteiger partial charge is 0.295 e. The van der Waals surface area contributed by atoms with Gasteiger partial charge in [-0.1, -0.05) is 6.07 Å². The molecule has 0 radical (unpaired) electrons. The molecular weight excluding hydrogens is 426 g/mol. The summed E-state index contributed by atoms with van der Waals surface area (Å²) in [4.78, 5) is 27.5. The van der Waals surface area contributed by atoms with Crippen LogP contribution < -0.4 is 9.47 Å². The molecule has 1 amide bonds. The van der Waals surface area contributed by atoms with Crippen LogP contribution in [0.25, 0.3) is 5.76 Å². The molecule has 0 unspecified atom stereocenters. The number of aryl methyl sites for hydroxylation is 1. The molecule has 1 fully saturated rings. The summed E-state index contributed by atoms with van der Waals surface area (Å²) in [6.45, 7) is 4.61. The van der Waals surface area contributed by atoms with E-state index < -0.39 is 17.7 Å². The molecule has 0 aromatic heterocycles. The van der Waals surface area contributed by atoms with E-state index in [1.54, 1.807) is 51.5 Å². The number of likely N-dealkylation sites (tertiary alicyclic amines) is 1. The first-order valence-electron chi connectivity index (χ1n) is 10.7. The first kappa shape index (κ1) is 24.1. The Morgan fingerprint density at radius 3 is 2.48 bits per heavy atom. The maximum absolute atomic E-state index is 13.1. The van der Waals surface area contributed by atoms with E-state index in [1.807, 2.05) is 6.92 Å². The summed E-state index contributed by atoms with van der Waals surface area (Å²) in [5, 5.41) is 21.3. The molecule has 2 N–H and O–H groups in total. The van der Waals surface area contributed by atoms with E-state index in [9.17, 15) is 19.8 Å². The molecule has 1 aliphatic rings. The Bertz CT molecular complexity index is 1080. The van der Waals surface area contributed by atoms with E-state index in [-0.39, 0.29) is 29.4 Å². The topological polar surface area (TPSA) is 106 Å². The van der Waals surface area contributed by atoms with Gasteiger partial charge in [0, 0.05) is 25.8 Å². The molecule has 3 rings (SSSR count). The molecule has 2 aromatic carbocycles. The summed E-state index contributed by atoms with van der Waals surface area (Å²) in [5.41, 5.74) is 1.70. The van der Waals surface area contributed by atoms with E-state index in [4.69, 9.17) is 14.2 Å². The van der Waals surface area contributed by atoms with Gasteiger partial charge in [0.05, 0.1) is 25.3 Å². The van der Waals surface area contributed by atoms with Crippen molar-refractivity contribution in [2.75, 3.05) is 34.0 Å². The number of aliphatic hydroxyl groups is 1. The van der Waals surface area contributed by atoms with Gasteiger partial charge in [0.1, 0.15) is 11.5 Å². The summed E-state index contributed by atoms with van der Waals surface area (Å²) in [6.07, 6.45) is 0.512.